The van der Waals surface area contributed by atoms with Crippen molar-refractivity contribution in [1.29, 1.82) is 0 Å². The Labute approximate surface area is 93.5 Å². The molecule has 1 heterocycles. The lowest BCUT2D eigenvalue weighted by molar-refractivity contribution is -0.385. The third-order valence-corrected chi connectivity index (χ3v) is 2.91. The third-order valence-electron chi connectivity index (χ3n) is 2.91. The summed E-state index contributed by atoms with van der Waals surface area (Å²) < 4.78 is 0. The average molecular weight is 222 g/mol. The van der Waals surface area contributed by atoms with Gasteiger partial charge in [-0.3, -0.25) is 10.1 Å². The Hall–Kier alpha value is -1.62. The fourth-order valence-corrected chi connectivity index (χ4v) is 2.02. The summed E-state index contributed by atoms with van der Waals surface area (Å²) in [5.74, 6) is 0. The van der Waals surface area contributed by atoms with Crippen LogP contribution in [-0.2, 0) is 0 Å². The molecule has 1 aromatic rings. The number of anilines is 1. The summed E-state index contributed by atoms with van der Waals surface area (Å²) in [6, 6.07) is 5.06. The fraction of sp³-hybridized carbons (Fsp3) is 0.455. The zero-order valence-corrected chi connectivity index (χ0v) is 9.09. The molecule has 16 heavy (non-hydrogen) atoms. The van der Waals surface area contributed by atoms with E-state index < -0.39 is 0 Å². The molecular formula is C11H14N2O3. The number of nitrogens with zero attached hydrogens (tertiary/aromatic N) is 2. The van der Waals surface area contributed by atoms with Crippen LogP contribution in [0.3, 0.4) is 0 Å². The van der Waals surface area contributed by atoms with Crippen LogP contribution in [0, 0.1) is 17.0 Å². The molecule has 0 radical (unpaired) electrons. The van der Waals surface area contributed by atoms with E-state index in [1.54, 1.807) is 19.1 Å². The first-order chi connectivity index (χ1) is 7.58. The fourth-order valence-electron chi connectivity index (χ4n) is 2.02. The van der Waals surface area contributed by atoms with Crippen molar-refractivity contribution in [3.05, 3.63) is 33.9 Å². The first-order valence-corrected chi connectivity index (χ1v) is 5.26. The summed E-state index contributed by atoms with van der Waals surface area (Å²) in [6.07, 6.45) is 0.478. The molecule has 1 N–H and O–H groups in total. The highest BCUT2D eigenvalue weighted by atomic mass is 16.6. The minimum absolute atomic E-state index is 0.142. The van der Waals surface area contributed by atoms with Gasteiger partial charge in [0.15, 0.2) is 0 Å². The summed E-state index contributed by atoms with van der Waals surface area (Å²) in [7, 11) is 0. The second-order valence-corrected chi connectivity index (χ2v) is 4.12. The van der Waals surface area contributed by atoms with Crippen molar-refractivity contribution >= 4 is 11.4 Å². The van der Waals surface area contributed by atoms with E-state index in [4.69, 9.17) is 0 Å². The van der Waals surface area contributed by atoms with Crippen molar-refractivity contribution in [2.24, 2.45) is 0 Å². The molecule has 0 saturated carbocycles. The molecule has 1 saturated heterocycles. The van der Waals surface area contributed by atoms with Gasteiger partial charge in [-0.15, -0.1) is 0 Å². The number of β-amino-alcohol motifs (C(OH)–C–C–N with tert-alkyl or cyclic N) is 1. The van der Waals surface area contributed by atoms with Gasteiger partial charge in [-0.2, -0.15) is 0 Å². The minimum atomic E-state index is -0.377. The molecule has 1 aromatic carbocycles. The van der Waals surface area contributed by atoms with E-state index in [1.165, 1.54) is 6.07 Å². The monoisotopic (exact) mass is 222 g/mol. The number of aliphatic hydroxyl groups excluding tert-OH is 1. The molecule has 1 aliphatic rings. The van der Waals surface area contributed by atoms with Crippen LogP contribution in [0.4, 0.5) is 11.4 Å². The number of hydrogen-bond donors (Lipinski definition) is 1. The SMILES string of the molecule is Cc1cc(N2CCC(O)C2)ccc1[N+](=O)[O-]. The molecule has 5 nitrogen and oxygen atoms in total. The second kappa shape index (κ2) is 4.09. The lowest BCUT2D eigenvalue weighted by Crippen LogP contribution is -2.21. The molecule has 0 amide bonds. The van der Waals surface area contributed by atoms with E-state index >= 15 is 0 Å². The van der Waals surface area contributed by atoms with E-state index in [1.807, 2.05) is 4.90 Å². The van der Waals surface area contributed by atoms with Gasteiger partial charge in [0.05, 0.1) is 11.0 Å². The molecule has 1 atom stereocenters. The summed E-state index contributed by atoms with van der Waals surface area (Å²) >= 11 is 0. The number of benzene rings is 1. The van der Waals surface area contributed by atoms with Crippen molar-refractivity contribution in [3.63, 3.8) is 0 Å². The summed E-state index contributed by atoms with van der Waals surface area (Å²) in [5.41, 5.74) is 1.74. The van der Waals surface area contributed by atoms with Crippen LogP contribution in [-0.4, -0.2) is 29.2 Å². The van der Waals surface area contributed by atoms with E-state index in [0.717, 1.165) is 18.7 Å². The highest BCUT2D eigenvalue weighted by molar-refractivity contribution is 5.55. The highest BCUT2D eigenvalue weighted by Crippen LogP contribution is 2.26. The first-order valence-electron chi connectivity index (χ1n) is 5.26. The van der Waals surface area contributed by atoms with E-state index in [9.17, 15) is 15.2 Å². The zero-order valence-electron chi connectivity index (χ0n) is 9.09. The van der Waals surface area contributed by atoms with Gasteiger partial charge in [0.25, 0.3) is 5.69 Å². The zero-order chi connectivity index (χ0) is 11.7. The van der Waals surface area contributed by atoms with Gasteiger partial charge in [-0.1, -0.05) is 0 Å². The predicted molar refractivity (Wildman–Crippen MR) is 60.7 cm³/mol. The molecule has 2 rings (SSSR count). The maximum Gasteiger partial charge on any atom is 0.272 e. The topological polar surface area (TPSA) is 66.6 Å². The molecular weight excluding hydrogens is 208 g/mol. The Morgan fingerprint density at radius 3 is 2.81 bits per heavy atom. The Bertz CT molecular complexity index is 420. The Kier molecular flexibility index (Phi) is 2.78. The maximum atomic E-state index is 10.7. The lowest BCUT2D eigenvalue weighted by atomic mass is 10.1. The largest absolute Gasteiger partial charge is 0.391 e. The van der Waals surface area contributed by atoms with Crippen molar-refractivity contribution in [1.82, 2.24) is 0 Å². The molecule has 0 bridgehead atoms. The van der Waals surface area contributed by atoms with Crippen LogP contribution in [0.1, 0.15) is 12.0 Å². The number of aryl methyl sites for hydroxylation is 1. The normalized spacial score (nSPS) is 20.1. The van der Waals surface area contributed by atoms with Crippen LogP contribution in [0.25, 0.3) is 0 Å². The minimum Gasteiger partial charge on any atom is -0.391 e. The molecule has 86 valence electrons. The van der Waals surface area contributed by atoms with Crippen LogP contribution in [0.5, 0.6) is 0 Å². The maximum absolute atomic E-state index is 10.7. The van der Waals surface area contributed by atoms with Gasteiger partial charge < -0.3 is 10.0 Å². The predicted octanol–water partition coefficient (Wildman–Crippen LogP) is 1.47. The van der Waals surface area contributed by atoms with Gasteiger partial charge in [-0.25, -0.2) is 0 Å². The van der Waals surface area contributed by atoms with Gasteiger partial charge in [-0.05, 0) is 25.5 Å². The Morgan fingerprint density at radius 1 is 1.56 bits per heavy atom. The lowest BCUT2D eigenvalue weighted by Gasteiger charge is -2.18. The molecule has 1 aliphatic heterocycles. The van der Waals surface area contributed by atoms with Crippen molar-refractivity contribution < 1.29 is 10.0 Å². The molecule has 0 aliphatic carbocycles. The number of rotatable bonds is 2. The highest BCUT2D eigenvalue weighted by Gasteiger charge is 2.21. The van der Waals surface area contributed by atoms with Crippen molar-refractivity contribution in [2.75, 3.05) is 18.0 Å². The number of nitro benzene ring substituents is 1. The first kappa shape index (κ1) is 10.9. The quantitative estimate of drug-likeness (QED) is 0.608. The van der Waals surface area contributed by atoms with Crippen LogP contribution in [0.2, 0.25) is 0 Å². The summed E-state index contributed by atoms with van der Waals surface area (Å²) in [5, 5.41) is 20.1. The number of nitro groups is 1. The molecule has 5 heteroatoms. The van der Waals surface area contributed by atoms with Gasteiger partial charge in [0.2, 0.25) is 0 Å². The molecule has 1 fully saturated rings. The molecule has 1 unspecified atom stereocenters. The second-order valence-electron chi connectivity index (χ2n) is 4.12. The van der Waals surface area contributed by atoms with Crippen molar-refractivity contribution in [2.45, 2.75) is 19.4 Å². The van der Waals surface area contributed by atoms with E-state index in [-0.39, 0.29) is 16.7 Å². The number of aliphatic hydroxyl groups is 1. The van der Waals surface area contributed by atoms with E-state index in [2.05, 4.69) is 0 Å². The van der Waals surface area contributed by atoms with Crippen LogP contribution >= 0.6 is 0 Å². The third kappa shape index (κ3) is 1.99. The molecule has 0 spiro atoms. The Morgan fingerprint density at radius 2 is 2.31 bits per heavy atom. The Balaban J connectivity index is 2.24. The van der Waals surface area contributed by atoms with Crippen LogP contribution in [0.15, 0.2) is 18.2 Å². The summed E-state index contributed by atoms with van der Waals surface area (Å²) in [4.78, 5) is 12.3. The molecule has 0 aromatic heterocycles. The van der Waals surface area contributed by atoms with Crippen molar-refractivity contribution in [3.8, 4) is 0 Å². The number of hydrogen-bond acceptors (Lipinski definition) is 4. The summed E-state index contributed by atoms with van der Waals surface area (Å²) in [6.45, 7) is 3.14. The van der Waals surface area contributed by atoms with E-state index in [0.29, 0.717) is 12.1 Å². The van der Waals surface area contributed by atoms with Crippen LogP contribution < -0.4 is 4.90 Å². The van der Waals surface area contributed by atoms with Gasteiger partial charge >= 0.3 is 0 Å². The van der Waals surface area contributed by atoms with Gasteiger partial charge in [0.1, 0.15) is 0 Å². The standard InChI is InChI=1S/C11H14N2O3/c1-8-6-9(2-3-11(8)13(15)16)12-5-4-10(14)7-12/h2-3,6,10,14H,4-5,7H2,1H3. The smallest absolute Gasteiger partial charge is 0.272 e. The van der Waals surface area contributed by atoms with Gasteiger partial charge in [0, 0.05) is 30.4 Å². The average Bonchev–Trinajstić information content (AvgIpc) is 2.64.